The Morgan fingerprint density at radius 3 is 2.80 bits per heavy atom. The Morgan fingerprint density at radius 1 is 1.27 bits per heavy atom. The molecule has 15 heavy (non-hydrogen) atoms. The number of hydrogen-bond acceptors (Lipinski definition) is 3. The number of nitrogens with one attached hydrogen (secondary N) is 1. The van der Waals surface area contributed by atoms with E-state index in [1.54, 1.807) is 23.7 Å². The van der Waals surface area contributed by atoms with E-state index in [1.165, 1.54) is 4.88 Å². The van der Waals surface area contributed by atoms with Crippen molar-refractivity contribution in [2.75, 3.05) is 5.32 Å². The van der Waals surface area contributed by atoms with Crippen LogP contribution >= 0.6 is 34.5 Å². The molecule has 0 spiro atoms. The average Bonchev–Trinajstić information content (AvgIpc) is 2.63. The van der Waals surface area contributed by atoms with Crippen LogP contribution in [0.15, 0.2) is 30.6 Å². The van der Waals surface area contributed by atoms with Crippen molar-refractivity contribution in [3.8, 4) is 0 Å². The molecule has 0 aliphatic heterocycles. The van der Waals surface area contributed by atoms with Crippen molar-refractivity contribution < 1.29 is 0 Å². The molecule has 5 heteroatoms. The highest BCUT2D eigenvalue weighted by Crippen LogP contribution is 2.24. The first kappa shape index (κ1) is 10.7. The van der Waals surface area contributed by atoms with Gasteiger partial charge in [-0.25, -0.2) is 0 Å². The lowest BCUT2D eigenvalue weighted by Gasteiger charge is -2.05. The number of pyridine rings is 1. The zero-order chi connectivity index (χ0) is 10.7. The molecule has 0 radical (unpaired) electrons. The van der Waals surface area contributed by atoms with Crippen LogP contribution in [-0.2, 0) is 6.54 Å². The van der Waals surface area contributed by atoms with E-state index in [2.05, 4.69) is 10.3 Å². The van der Waals surface area contributed by atoms with E-state index < -0.39 is 0 Å². The van der Waals surface area contributed by atoms with Gasteiger partial charge in [0.2, 0.25) is 0 Å². The quantitative estimate of drug-likeness (QED) is 0.898. The second-order valence-corrected chi connectivity index (χ2v) is 5.12. The van der Waals surface area contributed by atoms with E-state index in [4.69, 9.17) is 23.2 Å². The Morgan fingerprint density at radius 2 is 2.13 bits per heavy atom. The molecule has 0 unspecified atom stereocenters. The van der Waals surface area contributed by atoms with Gasteiger partial charge in [0.25, 0.3) is 0 Å². The smallest absolute Gasteiger partial charge is 0.0931 e. The summed E-state index contributed by atoms with van der Waals surface area (Å²) in [6.45, 7) is 0.723. The topological polar surface area (TPSA) is 24.9 Å². The van der Waals surface area contributed by atoms with Crippen molar-refractivity contribution in [3.63, 3.8) is 0 Å². The predicted octanol–water partition coefficient (Wildman–Crippen LogP) is 4.06. The van der Waals surface area contributed by atoms with Gasteiger partial charge in [0.05, 0.1) is 15.0 Å². The molecule has 0 amide bonds. The van der Waals surface area contributed by atoms with Gasteiger partial charge in [0.1, 0.15) is 0 Å². The SMILES string of the molecule is Clc1ccc(CNc2ccncc2Cl)s1. The second-order valence-electron chi connectivity index (χ2n) is 2.91. The van der Waals surface area contributed by atoms with Crippen LogP contribution in [0.2, 0.25) is 9.36 Å². The lowest BCUT2D eigenvalue weighted by molar-refractivity contribution is 1.18. The first-order valence-electron chi connectivity index (χ1n) is 4.33. The molecule has 2 nitrogen and oxygen atoms in total. The second kappa shape index (κ2) is 4.84. The predicted molar refractivity (Wildman–Crippen MR) is 65.9 cm³/mol. The molecule has 0 bridgehead atoms. The van der Waals surface area contributed by atoms with Gasteiger partial charge in [-0.1, -0.05) is 23.2 Å². The molecule has 0 aliphatic carbocycles. The van der Waals surface area contributed by atoms with Gasteiger partial charge in [-0.2, -0.15) is 0 Å². The minimum Gasteiger partial charge on any atom is -0.379 e. The summed E-state index contributed by atoms with van der Waals surface area (Å²) < 4.78 is 0.799. The van der Waals surface area contributed by atoms with E-state index >= 15 is 0 Å². The monoisotopic (exact) mass is 258 g/mol. The van der Waals surface area contributed by atoms with Gasteiger partial charge in [-0.05, 0) is 18.2 Å². The fraction of sp³-hybridized carbons (Fsp3) is 0.100. The zero-order valence-electron chi connectivity index (χ0n) is 7.71. The minimum absolute atomic E-state index is 0.625. The summed E-state index contributed by atoms with van der Waals surface area (Å²) in [5.74, 6) is 0. The third-order valence-corrected chi connectivity index (χ3v) is 3.39. The number of hydrogen-bond donors (Lipinski definition) is 1. The fourth-order valence-electron chi connectivity index (χ4n) is 1.15. The van der Waals surface area contributed by atoms with Gasteiger partial charge in [0, 0.05) is 23.8 Å². The van der Waals surface area contributed by atoms with Gasteiger partial charge in [-0.3, -0.25) is 4.98 Å². The molecule has 2 rings (SSSR count). The number of anilines is 1. The number of nitrogens with zero attached hydrogens (tertiary/aromatic N) is 1. The number of rotatable bonds is 3. The van der Waals surface area contributed by atoms with Crippen LogP contribution in [0.1, 0.15) is 4.88 Å². The first-order valence-corrected chi connectivity index (χ1v) is 5.90. The van der Waals surface area contributed by atoms with Crippen molar-refractivity contribution in [1.82, 2.24) is 4.98 Å². The summed E-state index contributed by atoms with van der Waals surface area (Å²) in [7, 11) is 0. The zero-order valence-corrected chi connectivity index (χ0v) is 10.0. The maximum Gasteiger partial charge on any atom is 0.0931 e. The van der Waals surface area contributed by atoms with E-state index in [9.17, 15) is 0 Å². The van der Waals surface area contributed by atoms with Crippen LogP contribution in [0, 0.1) is 0 Å². The van der Waals surface area contributed by atoms with Gasteiger partial charge in [0.15, 0.2) is 0 Å². The summed E-state index contributed by atoms with van der Waals surface area (Å²) in [6.07, 6.45) is 3.32. The third kappa shape index (κ3) is 2.84. The Bertz CT molecular complexity index is 456. The third-order valence-electron chi connectivity index (χ3n) is 1.85. The molecule has 2 aromatic rings. The highest BCUT2D eigenvalue weighted by Gasteiger charge is 2.00. The Kier molecular flexibility index (Phi) is 3.46. The number of thiophene rings is 1. The molecule has 1 N–H and O–H groups in total. The molecule has 2 heterocycles. The van der Waals surface area contributed by atoms with Crippen molar-refractivity contribution in [2.45, 2.75) is 6.54 Å². The molecule has 0 aliphatic rings. The molecule has 78 valence electrons. The average molecular weight is 259 g/mol. The lowest BCUT2D eigenvalue weighted by atomic mass is 10.4. The van der Waals surface area contributed by atoms with E-state index in [1.807, 2.05) is 18.2 Å². The number of halogens is 2. The number of aromatic nitrogens is 1. The van der Waals surface area contributed by atoms with E-state index in [0.717, 1.165) is 16.6 Å². The van der Waals surface area contributed by atoms with Gasteiger partial charge >= 0.3 is 0 Å². The van der Waals surface area contributed by atoms with E-state index in [0.29, 0.717) is 5.02 Å². The Labute approximate surface area is 102 Å². The van der Waals surface area contributed by atoms with Gasteiger partial charge < -0.3 is 5.32 Å². The lowest BCUT2D eigenvalue weighted by Crippen LogP contribution is -1.97. The largest absolute Gasteiger partial charge is 0.379 e. The maximum atomic E-state index is 5.95. The van der Waals surface area contributed by atoms with Crippen LogP contribution in [0.3, 0.4) is 0 Å². The normalized spacial score (nSPS) is 10.3. The molecule has 2 aromatic heterocycles. The molecule has 0 saturated carbocycles. The van der Waals surface area contributed by atoms with Crippen LogP contribution in [-0.4, -0.2) is 4.98 Å². The Hall–Kier alpha value is -0.770. The standard InChI is InChI=1S/C10H8Cl2N2S/c11-8-6-13-4-3-9(8)14-5-7-1-2-10(12)15-7/h1-4,6H,5H2,(H,13,14). The van der Waals surface area contributed by atoms with Crippen molar-refractivity contribution in [2.24, 2.45) is 0 Å². The van der Waals surface area contributed by atoms with Crippen LogP contribution < -0.4 is 5.32 Å². The molecule has 0 saturated heterocycles. The fourth-order valence-corrected chi connectivity index (χ4v) is 2.36. The summed E-state index contributed by atoms with van der Waals surface area (Å²) in [6, 6.07) is 5.73. The van der Waals surface area contributed by atoms with Crippen molar-refractivity contribution in [3.05, 3.63) is 44.8 Å². The van der Waals surface area contributed by atoms with Gasteiger partial charge in [-0.15, -0.1) is 11.3 Å². The maximum absolute atomic E-state index is 5.95. The van der Waals surface area contributed by atoms with Crippen molar-refractivity contribution in [1.29, 1.82) is 0 Å². The van der Waals surface area contributed by atoms with E-state index in [-0.39, 0.29) is 0 Å². The highest BCUT2D eigenvalue weighted by molar-refractivity contribution is 7.16. The summed E-state index contributed by atoms with van der Waals surface area (Å²) in [4.78, 5) is 5.09. The van der Waals surface area contributed by atoms with Crippen LogP contribution in [0.5, 0.6) is 0 Å². The minimum atomic E-state index is 0.625. The summed E-state index contributed by atoms with van der Waals surface area (Å²) in [5.41, 5.74) is 0.885. The summed E-state index contributed by atoms with van der Waals surface area (Å²) in [5, 5.41) is 3.85. The molecule has 0 fully saturated rings. The molecular formula is C10H8Cl2N2S. The molecule has 0 aromatic carbocycles. The van der Waals surface area contributed by atoms with Crippen molar-refractivity contribution >= 4 is 40.2 Å². The Balaban J connectivity index is 2.02. The molecule has 0 atom stereocenters. The first-order chi connectivity index (χ1) is 7.25. The van der Waals surface area contributed by atoms with Crippen LogP contribution in [0.4, 0.5) is 5.69 Å². The highest BCUT2D eigenvalue weighted by atomic mass is 35.5. The molecular weight excluding hydrogens is 251 g/mol. The summed E-state index contributed by atoms with van der Waals surface area (Å²) >= 11 is 13.3. The van der Waals surface area contributed by atoms with Crippen LogP contribution in [0.25, 0.3) is 0 Å².